The normalized spacial score (nSPS) is 13.7. The molecule has 120 valence electrons. The van der Waals surface area contributed by atoms with Gasteiger partial charge in [-0.15, -0.1) is 0 Å². The molecular formula is C16H24N4O2. The summed E-state index contributed by atoms with van der Waals surface area (Å²) < 4.78 is 3.35. The van der Waals surface area contributed by atoms with Crippen LogP contribution >= 0.6 is 0 Å². The predicted octanol–water partition coefficient (Wildman–Crippen LogP) is 1.47. The summed E-state index contributed by atoms with van der Waals surface area (Å²) >= 11 is 0. The molecule has 0 aliphatic heterocycles. The van der Waals surface area contributed by atoms with Crippen molar-refractivity contribution in [3.63, 3.8) is 0 Å². The lowest BCUT2D eigenvalue weighted by Gasteiger charge is -2.08. The van der Waals surface area contributed by atoms with Crippen molar-refractivity contribution in [1.29, 1.82) is 0 Å². The van der Waals surface area contributed by atoms with Gasteiger partial charge in [0.25, 0.3) is 11.1 Å². The number of nitrogens with one attached hydrogen (secondary N) is 2. The maximum absolute atomic E-state index is 12.5. The van der Waals surface area contributed by atoms with Gasteiger partial charge in [-0.2, -0.15) is 0 Å². The molecule has 1 aliphatic carbocycles. The topological polar surface area (TPSA) is 75.6 Å². The smallest absolute Gasteiger partial charge is 0.270 e. The van der Waals surface area contributed by atoms with Crippen molar-refractivity contribution in [2.45, 2.75) is 53.6 Å². The molecule has 2 aromatic heterocycles. The van der Waals surface area contributed by atoms with Crippen LogP contribution in [0.2, 0.25) is 0 Å². The van der Waals surface area contributed by atoms with Crippen molar-refractivity contribution in [2.24, 2.45) is 11.8 Å². The summed E-state index contributed by atoms with van der Waals surface area (Å²) in [5.41, 5.74) is 3.48. The van der Waals surface area contributed by atoms with Gasteiger partial charge in [-0.3, -0.25) is 29.2 Å². The summed E-state index contributed by atoms with van der Waals surface area (Å²) in [6.45, 7) is 9.69. The van der Waals surface area contributed by atoms with E-state index >= 15 is 0 Å². The van der Waals surface area contributed by atoms with E-state index < -0.39 is 0 Å². The minimum Gasteiger partial charge on any atom is -0.299 e. The summed E-state index contributed by atoms with van der Waals surface area (Å²) in [4.78, 5) is 24.9. The summed E-state index contributed by atoms with van der Waals surface area (Å²) in [5, 5.41) is 6.39. The Morgan fingerprint density at radius 3 is 1.50 bits per heavy atom. The fraction of sp³-hybridized carbons (Fsp3) is 0.625. The standard InChI is InChI=1S/C16H24N4O2/c1-9(2)7-19-15(21)11-5-14-12(6-13(11)17-19)16(22)20(18-14)8-10(3)4/h9-10,17-18H,5-8H2,1-4H3. The fourth-order valence-electron chi connectivity index (χ4n) is 3.14. The largest absolute Gasteiger partial charge is 0.299 e. The molecule has 2 aromatic rings. The van der Waals surface area contributed by atoms with Crippen molar-refractivity contribution in [1.82, 2.24) is 19.6 Å². The Bertz CT molecular complexity index is 733. The van der Waals surface area contributed by atoms with Crippen molar-refractivity contribution >= 4 is 0 Å². The molecule has 0 saturated heterocycles. The van der Waals surface area contributed by atoms with Gasteiger partial charge in [0.15, 0.2) is 0 Å². The third kappa shape index (κ3) is 2.46. The Morgan fingerprint density at radius 2 is 1.18 bits per heavy atom. The number of rotatable bonds is 4. The molecule has 6 nitrogen and oxygen atoms in total. The van der Waals surface area contributed by atoms with E-state index in [1.165, 1.54) is 0 Å². The molecule has 0 unspecified atom stereocenters. The lowest BCUT2D eigenvalue weighted by atomic mass is 9.96. The predicted molar refractivity (Wildman–Crippen MR) is 85.4 cm³/mol. The van der Waals surface area contributed by atoms with Crippen LogP contribution in [-0.4, -0.2) is 19.6 Å². The summed E-state index contributed by atoms with van der Waals surface area (Å²) in [5.74, 6) is 0.804. The Labute approximate surface area is 129 Å². The van der Waals surface area contributed by atoms with Gasteiger partial charge in [0, 0.05) is 48.4 Å². The molecule has 0 aromatic carbocycles. The van der Waals surface area contributed by atoms with E-state index in [0.717, 1.165) is 22.5 Å². The van der Waals surface area contributed by atoms with Gasteiger partial charge in [-0.1, -0.05) is 27.7 Å². The fourth-order valence-corrected chi connectivity index (χ4v) is 3.14. The Hall–Kier alpha value is -1.98. The third-order valence-corrected chi connectivity index (χ3v) is 4.08. The van der Waals surface area contributed by atoms with Crippen LogP contribution < -0.4 is 11.1 Å². The number of hydrogen-bond donors (Lipinski definition) is 2. The zero-order valence-electron chi connectivity index (χ0n) is 13.7. The van der Waals surface area contributed by atoms with Gasteiger partial charge in [0.2, 0.25) is 0 Å². The second kappa shape index (κ2) is 5.34. The lowest BCUT2D eigenvalue weighted by Crippen LogP contribution is -2.23. The van der Waals surface area contributed by atoms with Crippen LogP contribution in [0, 0.1) is 11.8 Å². The van der Waals surface area contributed by atoms with Crippen LogP contribution in [0.4, 0.5) is 0 Å². The molecule has 22 heavy (non-hydrogen) atoms. The number of nitrogens with zero attached hydrogens (tertiary/aromatic N) is 2. The van der Waals surface area contributed by atoms with Crippen LogP contribution in [0.5, 0.6) is 0 Å². The molecule has 3 rings (SSSR count). The van der Waals surface area contributed by atoms with Crippen molar-refractivity contribution in [3.05, 3.63) is 43.2 Å². The molecule has 0 radical (unpaired) electrons. The van der Waals surface area contributed by atoms with Gasteiger partial charge >= 0.3 is 0 Å². The molecule has 0 spiro atoms. The molecule has 2 N–H and O–H groups in total. The minimum atomic E-state index is 0.0480. The van der Waals surface area contributed by atoms with Gasteiger partial charge in [-0.25, -0.2) is 0 Å². The first-order chi connectivity index (χ1) is 10.4. The molecule has 0 saturated carbocycles. The first-order valence-corrected chi connectivity index (χ1v) is 7.98. The summed E-state index contributed by atoms with van der Waals surface area (Å²) in [6.07, 6.45) is 1.04. The minimum absolute atomic E-state index is 0.0480. The number of fused-ring (bicyclic) bond motifs is 2. The first-order valence-electron chi connectivity index (χ1n) is 7.98. The highest BCUT2D eigenvalue weighted by Gasteiger charge is 2.26. The lowest BCUT2D eigenvalue weighted by molar-refractivity contribution is 0.468. The molecule has 6 heteroatoms. The maximum atomic E-state index is 12.5. The molecule has 0 amide bonds. The highest BCUT2D eigenvalue weighted by Crippen LogP contribution is 2.21. The molecule has 0 atom stereocenters. The van der Waals surface area contributed by atoms with Gasteiger partial charge in [0.1, 0.15) is 0 Å². The zero-order valence-corrected chi connectivity index (χ0v) is 13.7. The van der Waals surface area contributed by atoms with Crippen LogP contribution in [0.25, 0.3) is 0 Å². The third-order valence-electron chi connectivity index (χ3n) is 4.08. The molecule has 0 bridgehead atoms. The SMILES string of the molecule is CC(C)Cn1[nH]c2c(c1=O)Cc1[nH]n(CC(C)C)c(=O)c1C2. The van der Waals surface area contributed by atoms with Crippen molar-refractivity contribution < 1.29 is 0 Å². The van der Waals surface area contributed by atoms with E-state index in [-0.39, 0.29) is 11.1 Å². The van der Waals surface area contributed by atoms with E-state index in [1.54, 1.807) is 9.36 Å². The zero-order chi connectivity index (χ0) is 16.0. The van der Waals surface area contributed by atoms with Crippen LogP contribution in [-0.2, 0) is 25.9 Å². The molecular weight excluding hydrogens is 280 g/mol. The Kier molecular flexibility index (Phi) is 3.62. The number of hydrogen-bond acceptors (Lipinski definition) is 2. The molecule has 2 heterocycles. The maximum Gasteiger partial charge on any atom is 0.270 e. The van der Waals surface area contributed by atoms with E-state index in [2.05, 4.69) is 37.9 Å². The van der Waals surface area contributed by atoms with Crippen LogP contribution in [0.15, 0.2) is 9.59 Å². The van der Waals surface area contributed by atoms with Gasteiger partial charge in [0.05, 0.1) is 0 Å². The molecule has 0 fully saturated rings. The number of aromatic amines is 2. The summed E-state index contributed by atoms with van der Waals surface area (Å²) in [7, 11) is 0. The van der Waals surface area contributed by atoms with Gasteiger partial charge < -0.3 is 0 Å². The monoisotopic (exact) mass is 304 g/mol. The van der Waals surface area contributed by atoms with Crippen molar-refractivity contribution in [2.75, 3.05) is 0 Å². The first kappa shape index (κ1) is 14.9. The average molecular weight is 304 g/mol. The van der Waals surface area contributed by atoms with Crippen molar-refractivity contribution in [3.8, 4) is 0 Å². The second-order valence-electron chi connectivity index (χ2n) is 7.11. The van der Waals surface area contributed by atoms with E-state index in [1.807, 2.05) is 0 Å². The van der Waals surface area contributed by atoms with Crippen LogP contribution in [0.1, 0.15) is 50.2 Å². The Balaban J connectivity index is 1.97. The number of H-pyrrole nitrogens is 2. The quantitative estimate of drug-likeness (QED) is 0.766. The van der Waals surface area contributed by atoms with E-state index in [0.29, 0.717) is 37.8 Å². The summed E-state index contributed by atoms with van der Waals surface area (Å²) in [6, 6.07) is 0. The van der Waals surface area contributed by atoms with E-state index in [4.69, 9.17) is 0 Å². The Morgan fingerprint density at radius 1 is 0.818 bits per heavy atom. The average Bonchev–Trinajstić information content (AvgIpc) is 2.87. The molecule has 1 aliphatic rings. The highest BCUT2D eigenvalue weighted by atomic mass is 16.1. The second-order valence-corrected chi connectivity index (χ2v) is 7.11. The number of aromatic nitrogens is 4. The van der Waals surface area contributed by atoms with Gasteiger partial charge in [-0.05, 0) is 11.8 Å². The van der Waals surface area contributed by atoms with E-state index in [9.17, 15) is 9.59 Å². The van der Waals surface area contributed by atoms with Crippen LogP contribution in [0.3, 0.4) is 0 Å². The highest BCUT2D eigenvalue weighted by molar-refractivity contribution is 5.37.